The minimum absolute atomic E-state index is 0.0205. The van der Waals surface area contributed by atoms with Crippen molar-refractivity contribution in [2.45, 2.75) is 57.9 Å². The summed E-state index contributed by atoms with van der Waals surface area (Å²) in [5.74, 6) is 1.27. The number of carbonyl (C=O) groups is 1. The number of amides is 1. The highest BCUT2D eigenvalue weighted by molar-refractivity contribution is 5.84. The summed E-state index contributed by atoms with van der Waals surface area (Å²) < 4.78 is 10.5. The van der Waals surface area contributed by atoms with Crippen LogP contribution in [-0.4, -0.2) is 18.2 Å². The number of rotatable bonds is 5. The summed E-state index contributed by atoms with van der Waals surface area (Å²) in [6.45, 7) is 5.65. The Hall–Kier alpha value is -2.30. The Bertz CT molecular complexity index is 723. The maximum atomic E-state index is 13.0. The van der Waals surface area contributed by atoms with E-state index in [2.05, 4.69) is 22.6 Å². The molecule has 2 aromatic rings. The van der Waals surface area contributed by atoms with Gasteiger partial charge in [-0.1, -0.05) is 30.1 Å². The molecular weight excluding hydrogens is 316 g/mol. The van der Waals surface area contributed by atoms with Crippen LogP contribution in [0.2, 0.25) is 0 Å². The Morgan fingerprint density at radius 1 is 1.24 bits per heavy atom. The lowest BCUT2D eigenvalue weighted by Gasteiger charge is -2.32. The molecule has 0 bridgehead atoms. The van der Waals surface area contributed by atoms with Crippen LogP contribution in [0.15, 0.2) is 28.8 Å². The number of nitrogens with one attached hydrogen (secondary N) is 1. The van der Waals surface area contributed by atoms with Gasteiger partial charge in [-0.2, -0.15) is 0 Å². The third kappa shape index (κ3) is 3.28. The molecule has 1 aromatic carbocycles. The minimum atomic E-state index is -0.295. The topological polar surface area (TPSA) is 64.4 Å². The zero-order valence-corrected chi connectivity index (χ0v) is 15.4. The third-order valence-electron chi connectivity index (χ3n) is 5.38. The Morgan fingerprint density at radius 2 is 1.88 bits per heavy atom. The first-order chi connectivity index (χ1) is 12.0. The molecule has 1 aromatic heterocycles. The zero-order valence-electron chi connectivity index (χ0n) is 15.4. The van der Waals surface area contributed by atoms with Crippen molar-refractivity contribution in [2.75, 3.05) is 7.11 Å². The van der Waals surface area contributed by atoms with Gasteiger partial charge in [0.05, 0.1) is 24.3 Å². The molecule has 1 N–H and O–H groups in total. The van der Waals surface area contributed by atoms with Crippen molar-refractivity contribution in [3.63, 3.8) is 0 Å². The van der Waals surface area contributed by atoms with Crippen molar-refractivity contribution in [1.82, 2.24) is 10.5 Å². The first kappa shape index (κ1) is 17.5. The first-order valence-corrected chi connectivity index (χ1v) is 8.86. The van der Waals surface area contributed by atoms with Gasteiger partial charge >= 0.3 is 0 Å². The SMILES string of the molecule is COc1ccc(C2(NC(=O)[C@@H](C)c3c(C)noc3C)CCCC2)cc1. The lowest BCUT2D eigenvalue weighted by atomic mass is 9.86. The van der Waals surface area contributed by atoms with Gasteiger partial charge in [-0.05, 0) is 51.3 Å². The number of hydrogen-bond acceptors (Lipinski definition) is 4. The molecule has 0 aliphatic heterocycles. The van der Waals surface area contributed by atoms with Gasteiger partial charge in [0, 0.05) is 5.56 Å². The average molecular weight is 342 g/mol. The number of aromatic nitrogens is 1. The van der Waals surface area contributed by atoms with E-state index in [-0.39, 0.29) is 17.4 Å². The predicted octanol–water partition coefficient (Wildman–Crippen LogP) is 3.99. The van der Waals surface area contributed by atoms with Crippen LogP contribution in [0.5, 0.6) is 5.75 Å². The van der Waals surface area contributed by atoms with Crippen LogP contribution in [0, 0.1) is 13.8 Å². The second-order valence-corrected chi connectivity index (χ2v) is 6.97. The van der Waals surface area contributed by atoms with Crippen molar-refractivity contribution < 1.29 is 14.1 Å². The Morgan fingerprint density at radius 3 is 2.40 bits per heavy atom. The molecule has 134 valence electrons. The van der Waals surface area contributed by atoms with E-state index in [4.69, 9.17) is 9.26 Å². The highest BCUT2D eigenvalue weighted by atomic mass is 16.5. The number of benzene rings is 1. The largest absolute Gasteiger partial charge is 0.497 e. The van der Waals surface area contributed by atoms with Gasteiger partial charge in [-0.15, -0.1) is 0 Å². The van der Waals surface area contributed by atoms with Gasteiger partial charge in [0.2, 0.25) is 5.91 Å². The van der Waals surface area contributed by atoms with Crippen LogP contribution in [0.3, 0.4) is 0 Å². The molecule has 0 radical (unpaired) electrons. The Balaban J connectivity index is 1.85. The summed E-state index contributed by atoms with van der Waals surface area (Å²) in [5, 5.41) is 7.32. The van der Waals surface area contributed by atoms with Gasteiger partial charge in [-0.3, -0.25) is 4.79 Å². The second kappa shape index (κ2) is 6.90. The molecule has 25 heavy (non-hydrogen) atoms. The van der Waals surface area contributed by atoms with E-state index in [1.807, 2.05) is 32.9 Å². The zero-order chi connectivity index (χ0) is 18.0. The van der Waals surface area contributed by atoms with Crippen LogP contribution < -0.4 is 10.1 Å². The molecule has 1 amide bonds. The van der Waals surface area contributed by atoms with E-state index < -0.39 is 0 Å². The van der Waals surface area contributed by atoms with Gasteiger partial charge in [0.15, 0.2) is 0 Å². The smallest absolute Gasteiger partial charge is 0.228 e. The second-order valence-electron chi connectivity index (χ2n) is 6.97. The highest BCUT2D eigenvalue weighted by Gasteiger charge is 2.38. The summed E-state index contributed by atoms with van der Waals surface area (Å²) in [4.78, 5) is 13.0. The van der Waals surface area contributed by atoms with Gasteiger partial charge in [0.1, 0.15) is 11.5 Å². The molecule has 1 atom stereocenters. The fraction of sp³-hybridized carbons (Fsp3) is 0.500. The summed E-state index contributed by atoms with van der Waals surface area (Å²) >= 11 is 0. The highest BCUT2D eigenvalue weighted by Crippen LogP contribution is 2.40. The molecule has 1 aliphatic rings. The number of aryl methyl sites for hydroxylation is 2. The molecule has 5 nitrogen and oxygen atoms in total. The van der Waals surface area contributed by atoms with E-state index in [0.29, 0.717) is 5.76 Å². The van der Waals surface area contributed by atoms with Gasteiger partial charge in [0.25, 0.3) is 0 Å². The lowest BCUT2D eigenvalue weighted by Crippen LogP contribution is -2.45. The maximum absolute atomic E-state index is 13.0. The molecule has 0 spiro atoms. The summed E-state index contributed by atoms with van der Waals surface area (Å²) in [6, 6.07) is 8.04. The van der Waals surface area contributed by atoms with Crippen LogP contribution in [-0.2, 0) is 10.3 Å². The Kier molecular flexibility index (Phi) is 4.84. The van der Waals surface area contributed by atoms with E-state index in [1.165, 1.54) is 0 Å². The lowest BCUT2D eigenvalue weighted by molar-refractivity contribution is -0.124. The molecule has 1 fully saturated rings. The van der Waals surface area contributed by atoms with Crippen LogP contribution >= 0.6 is 0 Å². The van der Waals surface area contributed by atoms with Gasteiger partial charge in [-0.25, -0.2) is 0 Å². The average Bonchev–Trinajstić information content (AvgIpc) is 3.22. The molecule has 3 rings (SSSR count). The summed E-state index contributed by atoms with van der Waals surface area (Å²) in [6.07, 6.45) is 4.15. The number of methoxy groups -OCH3 is 1. The fourth-order valence-electron chi connectivity index (χ4n) is 3.96. The summed E-state index contributed by atoms with van der Waals surface area (Å²) in [7, 11) is 1.66. The Labute approximate surface area is 148 Å². The van der Waals surface area contributed by atoms with Crippen molar-refractivity contribution >= 4 is 5.91 Å². The van der Waals surface area contributed by atoms with Crippen LogP contribution in [0.25, 0.3) is 0 Å². The monoisotopic (exact) mass is 342 g/mol. The standard InChI is InChI=1S/C20H26N2O3/c1-13(18-14(2)22-25-15(18)3)19(23)21-20(11-5-6-12-20)16-7-9-17(24-4)10-8-16/h7-10,13H,5-6,11-12H2,1-4H3,(H,21,23)/t13-/m0/s1. The quantitative estimate of drug-likeness (QED) is 0.892. The van der Waals surface area contributed by atoms with Crippen molar-refractivity contribution in [3.8, 4) is 5.75 Å². The minimum Gasteiger partial charge on any atom is -0.497 e. The van der Waals surface area contributed by atoms with E-state index in [1.54, 1.807) is 7.11 Å². The predicted molar refractivity (Wildman–Crippen MR) is 95.7 cm³/mol. The van der Waals surface area contributed by atoms with Crippen molar-refractivity contribution in [1.29, 1.82) is 0 Å². The molecule has 1 saturated carbocycles. The van der Waals surface area contributed by atoms with E-state index >= 15 is 0 Å². The number of nitrogens with zero attached hydrogens (tertiary/aromatic N) is 1. The maximum Gasteiger partial charge on any atom is 0.228 e. The van der Waals surface area contributed by atoms with Crippen molar-refractivity contribution in [2.24, 2.45) is 0 Å². The summed E-state index contributed by atoms with van der Waals surface area (Å²) in [5.41, 5.74) is 2.52. The van der Waals surface area contributed by atoms with E-state index in [0.717, 1.165) is 48.3 Å². The molecular formula is C20H26N2O3. The van der Waals surface area contributed by atoms with E-state index in [9.17, 15) is 4.79 Å². The number of carbonyl (C=O) groups excluding carboxylic acids is 1. The molecule has 1 heterocycles. The molecule has 0 unspecified atom stereocenters. The van der Waals surface area contributed by atoms with Crippen LogP contribution in [0.4, 0.5) is 0 Å². The first-order valence-electron chi connectivity index (χ1n) is 8.86. The third-order valence-corrected chi connectivity index (χ3v) is 5.38. The molecule has 0 saturated heterocycles. The number of ether oxygens (including phenoxy) is 1. The van der Waals surface area contributed by atoms with Crippen molar-refractivity contribution in [3.05, 3.63) is 46.8 Å². The molecule has 5 heteroatoms. The number of hydrogen-bond donors (Lipinski definition) is 1. The molecule has 1 aliphatic carbocycles. The normalized spacial score (nSPS) is 17.3. The fourth-order valence-corrected chi connectivity index (χ4v) is 3.96. The van der Waals surface area contributed by atoms with Crippen LogP contribution in [0.1, 0.15) is 61.1 Å². The van der Waals surface area contributed by atoms with Gasteiger partial charge < -0.3 is 14.6 Å².